The van der Waals surface area contributed by atoms with Gasteiger partial charge >= 0.3 is 4.87 Å². The van der Waals surface area contributed by atoms with Gasteiger partial charge in [0.25, 0.3) is 0 Å². The van der Waals surface area contributed by atoms with Gasteiger partial charge in [-0.15, -0.1) is 0 Å². The highest BCUT2D eigenvalue weighted by Crippen LogP contribution is 2.13. The van der Waals surface area contributed by atoms with Crippen molar-refractivity contribution in [1.29, 1.82) is 0 Å². The molecule has 14 heavy (non-hydrogen) atoms. The first-order valence-corrected chi connectivity index (χ1v) is 6.22. The lowest BCUT2D eigenvalue weighted by Gasteiger charge is -1.99. The molecular weight excluding hydrogens is 241 g/mol. The predicted molar refractivity (Wildman–Crippen MR) is 58.6 cm³/mol. The minimum Gasteiger partial charge on any atom is -0.255 e. The van der Waals surface area contributed by atoms with Crippen molar-refractivity contribution in [3.63, 3.8) is 0 Å². The van der Waals surface area contributed by atoms with E-state index >= 15 is 0 Å². The third-order valence-corrected chi connectivity index (χ3v) is 4.25. The molecule has 0 fully saturated rings. The second-order valence-electron chi connectivity index (χ2n) is 2.51. The first-order valence-electron chi connectivity index (χ1n) is 3.66. The minimum absolute atomic E-state index is 0.175. The third-order valence-electron chi connectivity index (χ3n) is 1.62. The Balaban J connectivity index is 2.72. The van der Waals surface area contributed by atoms with Crippen molar-refractivity contribution in [2.45, 2.75) is 0 Å². The molecule has 72 valence electrons. The van der Waals surface area contributed by atoms with E-state index in [0.717, 1.165) is 10.3 Å². The van der Waals surface area contributed by atoms with E-state index in [1.54, 1.807) is 12.1 Å². The molecule has 1 aromatic carbocycles. The average molecular weight is 245 g/mol. The summed E-state index contributed by atoms with van der Waals surface area (Å²) in [6, 6.07) is 5.82. The van der Waals surface area contributed by atoms with E-state index in [4.69, 9.17) is 12.2 Å². The maximum Gasteiger partial charge on any atom is 0.323 e. The molecule has 1 heterocycles. The molecule has 0 spiro atoms. The molecule has 0 bridgehead atoms. The van der Waals surface area contributed by atoms with Crippen LogP contribution in [0.4, 0.5) is 4.39 Å². The third kappa shape index (κ3) is 1.68. The van der Waals surface area contributed by atoms with E-state index < -0.39 is 0 Å². The van der Waals surface area contributed by atoms with Gasteiger partial charge in [0.05, 0.1) is 5.69 Å². The summed E-state index contributed by atoms with van der Waals surface area (Å²) >= 11 is 4.97. The van der Waals surface area contributed by atoms with E-state index in [2.05, 4.69) is 0 Å². The summed E-state index contributed by atoms with van der Waals surface area (Å²) in [7, 11) is 2.27. The second-order valence-corrected chi connectivity index (χ2v) is 5.23. The molecule has 2 aromatic rings. The van der Waals surface area contributed by atoms with E-state index in [0.29, 0.717) is 9.64 Å². The molecule has 0 aliphatic carbocycles. The molecule has 0 aliphatic heterocycles. The van der Waals surface area contributed by atoms with Gasteiger partial charge in [0.1, 0.15) is 5.82 Å². The zero-order valence-electron chi connectivity index (χ0n) is 6.77. The summed E-state index contributed by atoms with van der Waals surface area (Å²) in [4.78, 5) is 11.2. The fraction of sp³-hybridized carbons (Fsp3) is 0. The zero-order chi connectivity index (χ0) is 10.1. The van der Waals surface area contributed by atoms with Gasteiger partial charge in [-0.3, -0.25) is 4.79 Å². The summed E-state index contributed by atoms with van der Waals surface area (Å²) < 4.78 is 14.7. The first kappa shape index (κ1) is 9.70. The molecule has 0 saturated heterocycles. The number of hydrogen-bond donors (Lipinski definition) is 0. The van der Waals surface area contributed by atoms with Crippen molar-refractivity contribution in [2.75, 3.05) is 0 Å². The second kappa shape index (κ2) is 3.72. The molecule has 6 heteroatoms. The van der Waals surface area contributed by atoms with Crippen molar-refractivity contribution >= 4 is 32.9 Å². The monoisotopic (exact) mass is 245 g/mol. The molecule has 0 saturated carbocycles. The lowest BCUT2D eigenvalue weighted by molar-refractivity contribution is 0.626. The van der Waals surface area contributed by atoms with Crippen LogP contribution in [0.5, 0.6) is 0 Å². The van der Waals surface area contributed by atoms with E-state index in [1.807, 2.05) is 0 Å². The summed E-state index contributed by atoms with van der Waals surface area (Å²) in [5, 5.41) is 0. The minimum atomic E-state index is -0.375. The van der Waals surface area contributed by atoms with Gasteiger partial charge < -0.3 is 0 Å². The molecule has 0 unspecified atom stereocenters. The average Bonchev–Trinajstić information content (AvgIpc) is 2.46. The van der Waals surface area contributed by atoms with Crippen LogP contribution in [0.25, 0.3) is 5.69 Å². The quantitative estimate of drug-likeness (QED) is 0.569. The topological polar surface area (TPSA) is 22.0 Å². The molecule has 1 aromatic heterocycles. The Morgan fingerprint density at radius 1 is 1.36 bits per heavy atom. The molecule has 0 amide bonds. The Morgan fingerprint density at radius 3 is 2.71 bits per heavy atom. The standard InChI is InChI=1S/C8H4FNOS3/c9-5-2-1-3-6(4-5)10-7(11)13-14-8(10)12/h1-4H. The molecule has 0 aliphatic rings. The first-order chi connectivity index (χ1) is 6.68. The Bertz CT molecular complexity index is 541. The fourth-order valence-electron chi connectivity index (χ4n) is 1.05. The van der Waals surface area contributed by atoms with Crippen LogP contribution in [-0.4, -0.2) is 4.57 Å². The highest BCUT2D eigenvalue weighted by molar-refractivity contribution is 7.79. The van der Waals surface area contributed by atoms with Gasteiger partial charge in [-0.05, 0) is 51.1 Å². The van der Waals surface area contributed by atoms with Gasteiger partial charge in [0, 0.05) is 0 Å². The van der Waals surface area contributed by atoms with Crippen molar-refractivity contribution in [3.8, 4) is 5.69 Å². The van der Waals surface area contributed by atoms with E-state index in [1.165, 1.54) is 27.0 Å². The molecular formula is C8H4FNOS3. The Labute approximate surface area is 91.3 Å². The molecule has 0 N–H and O–H groups in total. The number of halogens is 1. The molecule has 0 atom stereocenters. The van der Waals surface area contributed by atoms with Crippen LogP contribution in [-0.2, 0) is 0 Å². The summed E-state index contributed by atoms with van der Waals surface area (Å²) in [6.45, 7) is 0. The SMILES string of the molecule is O=c1ssc(=S)n1-c1cccc(F)c1. The van der Waals surface area contributed by atoms with Crippen LogP contribution in [0.2, 0.25) is 0 Å². The molecule has 2 rings (SSSR count). The number of nitrogens with zero attached hydrogens (tertiary/aromatic N) is 1. The van der Waals surface area contributed by atoms with Crippen molar-refractivity contribution < 1.29 is 4.39 Å². The fourth-order valence-corrected chi connectivity index (χ4v) is 3.21. The Kier molecular flexibility index (Phi) is 2.58. The van der Waals surface area contributed by atoms with Crippen molar-refractivity contribution in [3.05, 3.63) is 43.7 Å². The van der Waals surface area contributed by atoms with Crippen molar-refractivity contribution in [2.24, 2.45) is 0 Å². The van der Waals surface area contributed by atoms with Crippen LogP contribution >= 0.6 is 32.9 Å². The van der Waals surface area contributed by atoms with Gasteiger partial charge in [-0.2, -0.15) is 0 Å². The number of hydrogen-bond acceptors (Lipinski definition) is 4. The predicted octanol–water partition coefficient (Wildman–Crippen LogP) is 2.83. The van der Waals surface area contributed by atoms with Crippen LogP contribution in [0.15, 0.2) is 29.1 Å². The number of aromatic nitrogens is 1. The maximum atomic E-state index is 12.9. The summed E-state index contributed by atoms with van der Waals surface area (Å²) in [5.74, 6) is -0.375. The normalized spacial score (nSPS) is 10.4. The van der Waals surface area contributed by atoms with Gasteiger partial charge in [-0.1, -0.05) is 6.07 Å². The van der Waals surface area contributed by atoms with Gasteiger partial charge in [-0.25, -0.2) is 8.96 Å². The van der Waals surface area contributed by atoms with Crippen LogP contribution in [0, 0.1) is 9.77 Å². The number of rotatable bonds is 1. The van der Waals surface area contributed by atoms with Crippen LogP contribution in [0.3, 0.4) is 0 Å². The summed E-state index contributed by atoms with van der Waals surface area (Å²) in [5.41, 5.74) is 0.484. The Morgan fingerprint density at radius 2 is 2.14 bits per heavy atom. The number of benzene rings is 1. The molecule has 2 nitrogen and oxygen atoms in total. The van der Waals surface area contributed by atoms with E-state index in [9.17, 15) is 9.18 Å². The van der Waals surface area contributed by atoms with E-state index in [-0.39, 0.29) is 10.7 Å². The lowest BCUT2D eigenvalue weighted by atomic mass is 10.3. The largest absolute Gasteiger partial charge is 0.323 e. The molecule has 0 radical (unpaired) electrons. The van der Waals surface area contributed by atoms with Crippen molar-refractivity contribution in [1.82, 2.24) is 4.57 Å². The lowest BCUT2D eigenvalue weighted by Crippen LogP contribution is -2.10. The summed E-state index contributed by atoms with van der Waals surface area (Å²) in [6.07, 6.45) is 0. The maximum absolute atomic E-state index is 12.9. The Hall–Kier alpha value is -0.850. The smallest absolute Gasteiger partial charge is 0.255 e. The highest BCUT2D eigenvalue weighted by atomic mass is 32.9. The zero-order valence-corrected chi connectivity index (χ0v) is 9.22. The van der Waals surface area contributed by atoms with Crippen LogP contribution < -0.4 is 4.87 Å². The van der Waals surface area contributed by atoms with Gasteiger partial charge in [0.2, 0.25) is 0 Å². The van der Waals surface area contributed by atoms with Gasteiger partial charge in [0.15, 0.2) is 3.95 Å². The highest BCUT2D eigenvalue weighted by Gasteiger charge is 2.04. The van der Waals surface area contributed by atoms with Crippen LogP contribution in [0.1, 0.15) is 0 Å².